The Balaban J connectivity index is 1.58. The first-order chi connectivity index (χ1) is 15.8. The van der Waals surface area contributed by atoms with E-state index < -0.39 is 10.0 Å². The molecule has 33 heavy (non-hydrogen) atoms. The van der Waals surface area contributed by atoms with Crippen molar-refractivity contribution in [1.82, 2.24) is 14.9 Å². The zero-order valence-corrected chi connectivity index (χ0v) is 19.6. The number of aryl methyl sites for hydroxylation is 1. The molecule has 170 valence electrons. The Kier molecular flexibility index (Phi) is 6.20. The Morgan fingerprint density at radius 1 is 1.03 bits per heavy atom. The van der Waals surface area contributed by atoms with Crippen LogP contribution in [0.1, 0.15) is 36.1 Å². The minimum absolute atomic E-state index is 0.0509. The largest absolute Gasteiger partial charge is 0.342 e. The number of amides is 1. The van der Waals surface area contributed by atoms with Gasteiger partial charge in [-0.3, -0.25) is 9.10 Å². The molecule has 0 radical (unpaired) electrons. The maximum Gasteiger partial charge on any atom is 0.264 e. The fourth-order valence-corrected chi connectivity index (χ4v) is 5.08. The van der Waals surface area contributed by atoms with E-state index in [1.54, 1.807) is 36.4 Å². The van der Waals surface area contributed by atoms with E-state index in [0.717, 1.165) is 23.4 Å². The highest BCUT2D eigenvalue weighted by Gasteiger charge is 2.23. The molecule has 8 heteroatoms. The van der Waals surface area contributed by atoms with Crippen molar-refractivity contribution in [3.05, 3.63) is 90.3 Å². The molecular weight excluding hydrogens is 436 g/mol. The van der Waals surface area contributed by atoms with Crippen LogP contribution in [0.3, 0.4) is 0 Å². The van der Waals surface area contributed by atoms with Crippen molar-refractivity contribution in [2.45, 2.75) is 31.3 Å². The maximum absolute atomic E-state index is 13.1. The molecule has 0 saturated heterocycles. The average Bonchev–Trinajstić information content (AvgIpc) is 3.23. The van der Waals surface area contributed by atoms with Gasteiger partial charge in [0.05, 0.1) is 27.7 Å². The average molecular weight is 463 g/mol. The number of nitrogens with one attached hydrogen (secondary N) is 1. The summed E-state index contributed by atoms with van der Waals surface area (Å²) in [6.07, 6.45) is 0. The summed E-state index contributed by atoms with van der Waals surface area (Å²) in [4.78, 5) is 17.7. The van der Waals surface area contributed by atoms with Crippen molar-refractivity contribution in [3.8, 4) is 0 Å². The van der Waals surface area contributed by atoms with Crippen molar-refractivity contribution in [3.63, 3.8) is 0 Å². The van der Waals surface area contributed by atoms with Crippen LogP contribution < -0.4 is 9.62 Å². The highest BCUT2D eigenvalue weighted by atomic mass is 32.2. The Hall–Kier alpha value is -3.65. The molecule has 0 spiro atoms. The van der Waals surface area contributed by atoms with E-state index in [4.69, 9.17) is 0 Å². The second-order valence-corrected chi connectivity index (χ2v) is 9.70. The van der Waals surface area contributed by atoms with E-state index in [1.807, 2.05) is 44.2 Å². The molecule has 1 atom stereocenters. The molecule has 3 aromatic carbocycles. The predicted molar refractivity (Wildman–Crippen MR) is 130 cm³/mol. The summed E-state index contributed by atoms with van der Waals surface area (Å²) in [6.45, 7) is 4.62. The quantitative estimate of drug-likeness (QED) is 0.442. The minimum Gasteiger partial charge on any atom is -0.342 e. The van der Waals surface area contributed by atoms with Gasteiger partial charge in [0.25, 0.3) is 15.9 Å². The van der Waals surface area contributed by atoms with E-state index >= 15 is 0 Å². The van der Waals surface area contributed by atoms with Gasteiger partial charge in [-0.2, -0.15) is 0 Å². The SMILES string of the molecule is CCn1c(C(C)NC(=O)c2cccc(S(=O)(=O)N(C)c3ccccc3)c2)nc2ccccc21. The van der Waals surface area contributed by atoms with Gasteiger partial charge in [-0.15, -0.1) is 0 Å². The molecule has 0 bridgehead atoms. The monoisotopic (exact) mass is 462 g/mol. The van der Waals surface area contributed by atoms with Gasteiger partial charge in [-0.05, 0) is 56.3 Å². The molecule has 7 nitrogen and oxygen atoms in total. The summed E-state index contributed by atoms with van der Waals surface area (Å²) < 4.78 is 29.5. The maximum atomic E-state index is 13.1. The van der Waals surface area contributed by atoms with Crippen LogP contribution in [0.4, 0.5) is 5.69 Å². The standard InChI is InChI=1S/C25H26N4O3S/c1-4-29-23-16-9-8-15-22(23)27-24(29)18(2)26-25(30)19-11-10-14-21(17-19)33(31,32)28(3)20-12-6-5-7-13-20/h5-18H,4H2,1-3H3,(H,26,30). The Bertz CT molecular complexity index is 1400. The van der Waals surface area contributed by atoms with Crippen LogP contribution in [-0.2, 0) is 16.6 Å². The molecule has 1 heterocycles. The second-order valence-electron chi connectivity index (χ2n) is 7.73. The van der Waals surface area contributed by atoms with Gasteiger partial charge >= 0.3 is 0 Å². The molecular formula is C25H26N4O3S. The van der Waals surface area contributed by atoms with Gasteiger partial charge in [0, 0.05) is 19.2 Å². The fraction of sp³-hybridized carbons (Fsp3) is 0.200. The van der Waals surface area contributed by atoms with E-state index in [9.17, 15) is 13.2 Å². The van der Waals surface area contributed by atoms with Gasteiger partial charge in [0.15, 0.2) is 0 Å². The smallest absolute Gasteiger partial charge is 0.264 e. The number of carbonyl (C=O) groups excluding carboxylic acids is 1. The van der Waals surface area contributed by atoms with Crippen LogP contribution in [0, 0.1) is 0 Å². The molecule has 1 unspecified atom stereocenters. The molecule has 0 aliphatic carbocycles. The summed E-state index contributed by atoms with van der Waals surface area (Å²) in [5.41, 5.74) is 2.68. The van der Waals surface area contributed by atoms with Crippen LogP contribution in [0.2, 0.25) is 0 Å². The van der Waals surface area contributed by atoms with Crippen molar-refractivity contribution in [1.29, 1.82) is 0 Å². The topological polar surface area (TPSA) is 84.3 Å². The Labute approximate surface area is 193 Å². The summed E-state index contributed by atoms with van der Waals surface area (Å²) in [5, 5.41) is 2.96. The van der Waals surface area contributed by atoms with Crippen molar-refractivity contribution < 1.29 is 13.2 Å². The second kappa shape index (κ2) is 9.07. The lowest BCUT2D eigenvalue weighted by Gasteiger charge is -2.20. The number of nitrogens with zero attached hydrogens (tertiary/aromatic N) is 3. The number of rotatable bonds is 7. The highest BCUT2D eigenvalue weighted by molar-refractivity contribution is 7.92. The number of anilines is 1. The third-order valence-corrected chi connectivity index (χ3v) is 7.39. The third-order valence-electron chi connectivity index (χ3n) is 5.61. The van der Waals surface area contributed by atoms with Gasteiger partial charge in [-0.25, -0.2) is 13.4 Å². The van der Waals surface area contributed by atoms with Crippen molar-refractivity contribution in [2.75, 3.05) is 11.4 Å². The third kappa shape index (κ3) is 4.34. The number of para-hydroxylation sites is 3. The molecule has 0 aliphatic heterocycles. The number of benzene rings is 3. The zero-order chi connectivity index (χ0) is 23.6. The molecule has 1 N–H and O–H groups in total. The molecule has 4 rings (SSSR count). The number of imidazole rings is 1. The Morgan fingerprint density at radius 3 is 2.45 bits per heavy atom. The molecule has 4 aromatic rings. The summed E-state index contributed by atoms with van der Waals surface area (Å²) in [6, 6.07) is 22.4. The van der Waals surface area contributed by atoms with E-state index in [0.29, 0.717) is 5.69 Å². The molecule has 0 aliphatic rings. The molecule has 0 saturated carbocycles. The lowest BCUT2D eigenvalue weighted by atomic mass is 10.2. The van der Waals surface area contributed by atoms with Crippen molar-refractivity contribution in [2.24, 2.45) is 0 Å². The lowest BCUT2D eigenvalue weighted by Crippen LogP contribution is -2.29. The van der Waals surface area contributed by atoms with Gasteiger partial charge in [0.1, 0.15) is 5.82 Å². The summed E-state index contributed by atoms with van der Waals surface area (Å²) in [7, 11) is -2.33. The van der Waals surface area contributed by atoms with Crippen LogP contribution >= 0.6 is 0 Å². The first kappa shape index (κ1) is 22.5. The van der Waals surface area contributed by atoms with E-state index in [2.05, 4.69) is 14.9 Å². The molecule has 1 aromatic heterocycles. The minimum atomic E-state index is -3.82. The van der Waals surface area contributed by atoms with Gasteiger partial charge < -0.3 is 9.88 Å². The van der Waals surface area contributed by atoms with Gasteiger partial charge in [0.2, 0.25) is 0 Å². The summed E-state index contributed by atoms with van der Waals surface area (Å²) in [5.74, 6) is 0.385. The van der Waals surface area contributed by atoms with Crippen LogP contribution in [-0.4, -0.2) is 30.9 Å². The van der Waals surface area contributed by atoms with Gasteiger partial charge in [-0.1, -0.05) is 36.4 Å². The zero-order valence-electron chi connectivity index (χ0n) is 18.8. The number of hydrogen-bond donors (Lipinski definition) is 1. The first-order valence-electron chi connectivity index (χ1n) is 10.7. The number of fused-ring (bicyclic) bond motifs is 1. The van der Waals surface area contributed by atoms with Crippen molar-refractivity contribution >= 4 is 32.7 Å². The number of aromatic nitrogens is 2. The fourth-order valence-electron chi connectivity index (χ4n) is 3.83. The number of sulfonamides is 1. The number of hydrogen-bond acceptors (Lipinski definition) is 4. The van der Waals surface area contributed by atoms with Crippen LogP contribution in [0.25, 0.3) is 11.0 Å². The van der Waals surface area contributed by atoms with Crippen LogP contribution in [0.15, 0.2) is 83.8 Å². The molecule has 1 amide bonds. The summed E-state index contributed by atoms with van der Waals surface area (Å²) >= 11 is 0. The lowest BCUT2D eigenvalue weighted by molar-refractivity contribution is 0.0937. The predicted octanol–water partition coefficient (Wildman–Crippen LogP) is 4.37. The van der Waals surface area contributed by atoms with E-state index in [-0.39, 0.29) is 22.4 Å². The molecule has 0 fully saturated rings. The van der Waals surface area contributed by atoms with Crippen LogP contribution in [0.5, 0.6) is 0 Å². The normalized spacial score (nSPS) is 12.5. The Morgan fingerprint density at radius 2 is 1.73 bits per heavy atom. The number of carbonyl (C=O) groups is 1. The first-order valence-corrected chi connectivity index (χ1v) is 12.2. The highest BCUT2D eigenvalue weighted by Crippen LogP contribution is 2.24. The van der Waals surface area contributed by atoms with E-state index in [1.165, 1.54) is 23.5 Å².